The fourth-order valence-electron chi connectivity index (χ4n) is 5.95. The Labute approximate surface area is 319 Å². The molecule has 0 atom stereocenters. The summed E-state index contributed by atoms with van der Waals surface area (Å²) in [5.41, 5.74) is 9.97. The maximum Gasteiger partial charge on any atom is 0.315 e. The van der Waals surface area contributed by atoms with Crippen LogP contribution < -0.4 is 31.1 Å². The molecule has 10 heteroatoms. The second-order valence-corrected chi connectivity index (χ2v) is 14.3. The van der Waals surface area contributed by atoms with Crippen molar-refractivity contribution in [3.63, 3.8) is 0 Å². The molecule has 0 saturated heterocycles. The second kappa shape index (κ2) is 18.4. The van der Waals surface area contributed by atoms with Gasteiger partial charge in [-0.3, -0.25) is 4.21 Å². The summed E-state index contributed by atoms with van der Waals surface area (Å²) in [7, 11) is -0.611. The molecule has 0 saturated carbocycles. The zero-order valence-electron chi connectivity index (χ0n) is 30.4. The van der Waals surface area contributed by atoms with Crippen LogP contribution in [0.4, 0.5) is 43.7 Å². The lowest BCUT2D eigenvalue weighted by Crippen LogP contribution is -2.34. The van der Waals surface area contributed by atoms with Gasteiger partial charge < -0.3 is 31.1 Å². The summed E-state index contributed by atoms with van der Waals surface area (Å²) in [6, 6.07) is 52.6. The van der Waals surface area contributed by atoms with Crippen molar-refractivity contribution in [2.45, 2.75) is 26.2 Å². The number of anilines is 6. The van der Waals surface area contributed by atoms with Crippen molar-refractivity contribution in [3.05, 3.63) is 180 Å². The van der Waals surface area contributed by atoms with Gasteiger partial charge in [-0.05, 0) is 95.1 Å². The monoisotopic (exact) mass is 736 g/mol. The summed E-state index contributed by atoms with van der Waals surface area (Å²) >= 11 is 0. The van der Waals surface area contributed by atoms with E-state index >= 15 is 0 Å². The Morgan fingerprint density at radius 3 is 0.796 bits per heavy atom. The van der Waals surface area contributed by atoms with Gasteiger partial charge in [-0.15, -0.1) is 0 Å². The molecule has 274 valence electrons. The molecule has 4 amide bonds. The normalized spacial score (nSPS) is 13.5. The maximum atomic E-state index is 12.8. The number of nitrogens with zero attached hydrogens (tertiary/aromatic N) is 2. The van der Waals surface area contributed by atoms with Crippen LogP contribution in [0.25, 0.3) is 0 Å². The summed E-state index contributed by atoms with van der Waals surface area (Å²) in [5.74, 6) is 0. The number of hydrogen-bond donors (Lipinski definition) is 4. The molecule has 7 aliphatic rings. The molecule has 6 aromatic carbocycles. The molecule has 6 aromatic rings. The summed E-state index contributed by atoms with van der Waals surface area (Å²) in [4.78, 5) is 29.9. The first kappa shape index (κ1) is 37.4. The number of amides is 4. The summed E-state index contributed by atoms with van der Waals surface area (Å²) in [6.45, 7) is 1.60. The average Bonchev–Trinajstić information content (AvgIpc) is 3.20. The Kier molecular flexibility index (Phi) is 12.7. The lowest BCUT2D eigenvalue weighted by Gasteiger charge is -2.26. The Bertz CT molecular complexity index is 1870. The molecule has 0 radical (unpaired) electrons. The third kappa shape index (κ3) is 10.4. The molecule has 0 spiro atoms. The molecule has 8 bridgehead atoms. The number of hydrogen-bond acceptors (Lipinski definition) is 5. The maximum absolute atomic E-state index is 12.8. The first-order valence-corrected chi connectivity index (χ1v) is 19.6. The molecule has 0 aliphatic carbocycles. The van der Waals surface area contributed by atoms with E-state index in [9.17, 15) is 13.8 Å². The van der Waals surface area contributed by atoms with E-state index in [1.807, 2.05) is 84.9 Å². The zero-order valence-corrected chi connectivity index (χ0v) is 31.2. The van der Waals surface area contributed by atoms with Gasteiger partial charge in [0.2, 0.25) is 0 Å². The predicted molar refractivity (Wildman–Crippen MR) is 220 cm³/mol. The standard InChI is InChI=1S/C42H38N6O2.C2H6OS/c49-41-43-27-31-11-19-37(20-12-31)47(35-7-3-1-4-8-35)38-21-13-32(14-22-38)28-44-42(50)46-30-34-17-25-40(26-18-34)48(36-9-5-2-6-10-36)39-23-15-33(16-24-39)29-45-41;1-4(2)3/h1-26H,27-30H2,(H2,43,45,49)(H2,44,46,50);1-2H3. The van der Waals surface area contributed by atoms with Crippen molar-refractivity contribution < 1.29 is 13.8 Å². The molecule has 7 heterocycles. The number of carbonyl (C=O) groups is 2. The van der Waals surface area contributed by atoms with Gasteiger partial charge in [-0.1, -0.05) is 84.9 Å². The first-order chi connectivity index (χ1) is 26.3. The van der Waals surface area contributed by atoms with Crippen LogP contribution in [0, 0.1) is 0 Å². The van der Waals surface area contributed by atoms with Gasteiger partial charge in [-0.2, -0.15) is 0 Å². The highest BCUT2D eigenvalue weighted by atomic mass is 32.2. The van der Waals surface area contributed by atoms with Crippen LogP contribution in [-0.4, -0.2) is 28.8 Å². The SMILES string of the molecule is CS(C)=O.O=C1NCc2ccc(cc2)N(c2ccccc2)c2ccc(cc2)CNC(=O)NCc2ccc(cc2)N(c2ccccc2)c2ccc(cc2)CN1. The summed E-state index contributed by atoms with van der Waals surface area (Å²) < 4.78 is 9.56. The molecule has 13 rings (SSSR count). The quantitative estimate of drug-likeness (QED) is 0.142. The highest BCUT2D eigenvalue weighted by Gasteiger charge is 2.15. The number of carbonyl (C=O) groups excluding carboxylic acids is 2. The number of nitrogens with one attached hydrogen (secondary N) is 4. The third-order valence-corrected chi connectivity index (χ3v) is 8.62. The second-order valence-electron chi connectivity index (χ2n) is 12.8. The van der Waals surface area contributed by atoms with E-state index < -0.39 is 10.8 Å². The van der Waals surface area contributed by atoms with E-state index in [-0.39, 0.29) is 12.1 Å². The molecular formula is C44H44N6O3S. The van der Waals surface area contributed by atoms with Crippen molar-refractivity contribution >= 4 is 57.0 Å². The molecular weight excluding hydrogens is 693 g/mol. The fraction of sp³-hybridized carbons (Fsp3) is 0.136. The smallest absolute Gasteiger partial charge is 0.315 e. The van der Waals surface area contributed by atoms with Crippen molar-refractivity contribution in [3.8, 4) is 0 Å². The Morgan fingerprint density at radius 1 is 0.370 bits per heavy atom. The number of urea groups is 2. The van der Waals surface area contributed by atoms with E-state index in [1.54, 1.807) is 12.5 Å². The molecule has 4 N–H and O–H groups in total. The highest BCUT2D eigenvalue weighted by Crippen LogP contribution is 2.36. The van der Waals surface area contributed by atoms with Crippen LogP contribution in [0.1, 0.15) is 22.3 Å². The van der Waals surface area contributed by atoms with Crippen molar-refractivity contribution in [2.24, 2.45) is 0 Å². The summed E-state index contributed by atoms with van der Waals surface area (Å²) in [6.07, 6.45) is 3.28. The van der Waals surface area contributed by atoms with Gasteiger partial charge in [-0.25, -0.2) is 9.59 Å². The average molecular weight is 737 g/mol. The van der Waals surface area contributed by atoms with Crippen LogP contribution in [-0.2, 0) is 37.0 Å². The number of para-hydroxylation sites is 2. The van der Waals surface area contributed by atoms with E-state index in [0.29, 0.717) is 26.2 Å². The molecule has 0 aromatic heterocycles. The Morgan fingerprint density at radius 2 is 0.574 bits per heavy atom. The third-order valence-electron chi connectivity index (χ3n) is 8.62. The van der Waals surface area contributed by atoms with Crippen molar-refractivity contribution in [2.75, 3.05) is 22.3 Å². The largest absolute Gasteiger partial charge is 0.334 e. The molecule has 0 unspecified atom stereocenters. The van der Waals surface area contributed by atoms with Crippen molar-refractivity contribution in [1.82, 2.24) is 21.3 Å². The Hall–Kier alpha value is -6.39. The van der Waals surface area contributed by atoms with Crippen molar-refractivity contribution in [1.29, 1.82) is 0 Å². The van der Waals surface area contributed by atoms with Gasteiger partial charge in [0, 0.05) is 83.6 Å². The van der Waals surface area contributed by atoms with E-state index in [4.69, 9.17) is 0 Å². The molecule has 7 aliphatic heterocycles. The number of benzene rings is 6. The van der Waals surface area contributed by atoms with Gasteiger partial charge in [0.15, 0.2) is 0 Å². The van der Waals surface area contributed by atoms with Crippen LogP contribution in [0.2, 0.25) is 0 Å². The Balaban J connectivity index is 0.00000119. The van der Waals surface area contributed by atoms with E-state index in [0.717, 1.165) is 56.4 Å². The van der Waals surface area contributed by atoms with Crippen LogP contribution >= 0.6 is 0 Å². The van der Waals surface area contributed by atoms with Gasteiger partial charge >= 0.3 is 12.1 Å². The van der Waals surface area contributed by atoms with Crippen LogP contribution in [0.3, 0.4) is 0 Å². The molecule has 9 nitrogen and oxygen atoms in total. The van der Waals surface area contributed by atoms with Crippen LogP contribution in [0.5, 0.6) is 0 Å². The minimum Gasteiger partial charge on any atom is -0.334 e. The molecule has 54 heavy (non-hydrogen) atoms. The van der Waals surface area contributed by atoms with Crippen LogP contribution in [0.15, 0.2) is 158 Å². The summed E-state index contributed by atoms with van der Waals surface area (Å²) in [5, 5.41) is 11.9. The lowest BCUT2D eigenvalue weighted by molar-refractivity contribution is 0.239. The molecule has 0 fully saturated rings. The predicted octanol–water partition coefficient (Wildman–Crippen LogP) is 8.93. The first-order valence-electron chi connectivity index (χ1n) is 17.7. The minimum atomic E-state index is -0.611. The van der Waals surface area contributed by atoms with E-state index in [1.165, 1.54) is 0 Å². The van der Waals surface area contributed by atoms with Gasteiger partial charge in [0.1, 0.15) is 0 Å². The highest BCUT2D eigenvalue weighted by molar-refractivity contribution is 7.83. The fourth-order valence-corrected chi connectivity index (χ4v) is 5.95. The zero-order chi connectivity index (χ0) is 37.7. The van der Waals surface area contributed by atoms with Gasteiger partial charge in [0.05, 0.1) is 0 Å². The topological polar surface area (TPSA) is 106 Å². The number of rotatable bonds is 2. The van der Waals surface area contributed by atoms with E-state index in [2.05, 4.69) is 104 Å². The lowest BCUT2D eigenvalue weighted by atomic mass is 10.1. The van der Waals surface area contributed by atoms with Gasteiger partial charge in [0.25, 0.3) is 0 Å². The minimum absolute atomic E-state index is 0.228.